The lowest BCUT2D eigenvalue weighted by atomic mass is 10.1. The van der Waals surface area contributed by atoms with Crippen LogP contribution in [-0.4, -0.2) is 21.4 Å². The maximum Gasteiger partial charge on any atom is 0.417 e. The van der Waals surface area contributed by atoms with Crippen LogP contribution in [0.5, 0.6) is 6.01 Å². The van der Waals surface area contributed by atoms with E-state index in [1.165, 1.54) is 22.8 Å². The van der Waals surface area contributed by atoms with Gasteiger partial charge in [0.2, 0.25) is 0 Å². The van der Waals surface area contributed by atoms with Crippen molar-refractivity contribution >= 4 is 0 Å². The van der Waals surface area contributed by atoms with Crippen molar-refractivity contribution in [3.63, 3.8) is 0 Å². The fourth-order valence-corrected chi connectivity index (χ4v) is 1.73. The minimum atomic E-state index is -4.44. The van der Waals surface area contributed by atoms with Crippen molar-refractivity contribution in [1.82, 2.24) is 14.8 Å². The van der Waals surface area contributed by atoms with Crippen LogP contribution in [0, 0.1) is 0 Å². The molecular weight excluding hydrogens is 259 g/mol. The van der Waals surface area contributed by atoms with Crippen molar-refractivity contribution in [3.8, 4) is 17.4 Å². The van der Waals surface area contributed by atoms with Gasteiger partial charge in [-0.3, -0.25) is 4.57 Å². The van der Waals surface area contributed by atoms with E-state index in [0.717, 1.165) is 6.07 Å². The number of alkyl halides is 3. The molecule has 0 unspecified atom stereocenters. The molecule has 1 aromatic carbocycles. The molecule has 0 spiro atoms. The van der Waals surface area contributed by atoms with E-state index < -0.39 is 11.7 Å². The molecule has 0 aliphatic rings. The van der Waals surface area contributed by atoms with Crippen LogP contribution in [0.25, 0.3) is 11.4 Å². The maximum absolute atomic E-state index is 12.9. The SMILES string of the molecule is CCOc1nnc(-c2ccccc2C(F)(F)F)n1C. The molecule has 0 radical (unpaired) electrons. The van der Waals surface area contributed by atoms with Gasteiger partial charge in [0.15, 0.2) is 5.82 Å². The third-order valence-electron chi connectivity index (χ3n) is 2.58. The third-order valence-corrected chi connectivity index (χ3v) is 2.58. The first-order valence-electron chi connectivity index (χ1n) is 5.64. The Hall–Kier alpha value is -2.05. The van der Waals surface area contributed by atoms with Gasteiger partial charge in [0, 0.05) is 12.6 Å². The quantitative estimate of drug-likeness (QED) is 0.861. The summed E-state index contributed by atoms with van der Waals surface area (Å²) in [7, 11) is 1.56. The average Bonchev–Trinajstić information content (AvgIpc) is 2.71. The molecule has 0 atom stereocenters. The summed E-state index contributed by atoms with van der Waals surface area (Å²) in [6.07, 6.45) is -4.44. The van der Waals surface area contributed by atoms with E-state index in [1.54, 1.807) is 14.0 Å². The summed E-state index contributed by atoms with van der Waals surface area (Å²) in [5.74, 6) is 0.122. The molecule has 0 aliphatic heterocycles. The molecule has 0 fully saturated rings. The average molecular weight is 271 g/mol. The van der Waals surface area contributed by atoms with Crippen molar-refractivity contribution in [2.75, 3.05) is 6.61 Å². The van der Waals surface area contributed by atoms with Crippen molar-refractivity contribution < 1.29 is 17.9 Å². The lowest BCUT2D eigenvalue weighted by molar-refractivity contribution is -0.137. The number of rotatable bonds is 3. The number of aromatic nitrogens is 3. The van der Waals surface area contributed by atoms with Crippen LogP contribution in [0.4, 0.5) is 13.2 Å². The number of benzene rings is 1. The molecule has 0 amide bonds. The highest BCUT2D eigenvalue weighted by Gasteiger charge is 2.34. The van der Waals surface area contributed by atoms with Gasteiger partial charge in [-0.15, -0.1) is 5.10 Å². The van der Waals surface area contributed by atoms with Crippen LogP contribution in [0.15, 0.2) is 24.3 Å². The van der Waals surface area contributed by atoms with E-state index in [0.29, 0.717) is 6.61 Å². The van der Waals surface area contributed by atoms with Gasteiger partial charge in [-0.2, -0.15) is 13.2 Å². The topological polar surface area (TPSA) is 39.9 Å². The second kappa shape index (κ2) is 4.91. The van der Waals surface area contributed by atoms with Crippen molar-refractivity contribution in [1.29, 1.82) is 0 Å². The van der Waals surface area contributed by atoms with Gasteiger partial charge in [0.25, 0.3) is 0 Å². The molecule has 1 heterocycles. The van der Waals surface area contributed by atoms with Crippen LogP contribution < -0.4 is 4.74 Å². The van der Waals surface area contributed by atoms with Gasteiger partial charge in [0.1, 0.15) is 0 Å². The van der Waals surface area contributed by atoms with Crippen LogP contribution in [0.3, 0.4) is 0 Å². The summed E-state index contributed by atoms with van der Waals surface area (Å²) in [5, 5.41) is 7.50. The highest BCUT2D eigenvalue weighted by atomic mass is 19.4. The standard InChI is InChI=1S/C12H12F3N3O/c1-3-19-11-17-16-10(18(11)2)8-6-4-5-7-9(8)12(13,14)15/h4-7H,3H2,1-2H3. The van der Waals surface area contributed by atoms with Crippen LogP contribution in [0.1, 0.15) is 12.5 Å². The van der Waals surface area contributed by atoms with E-state index in [1.807, 2.05) is 0 Å². The van der Waals surface area contributed by atoms with Crippen molar-refractivity contribution in [3.05, 3.63) is 29.8 Å². The number of hydrogen-bond donors (Lipinski definition) is 0. The normalized spacial score (nSPS) is 11.6. The van der Waals surface area contributed by atoms with Crippen molar-refractivity contribution in [2.45, 2.75) is 13.1 Å². The zero-order valence-electron chi connectivity index (χ0n) is 10.4. The Balaban J connectivity index is 2.54. The highest BCUT2D eigenvalue weighted by molar-refractivity contribution is 5.61. The van der Waals surface area contributed by atoms with Gasteiger partial charge in [-0.05, 0) is 13.0 Å². The minimum Gasteiger partial charge on any atom is -0.464 e. The smallest absolute Gasteiger partial charge is 0.417 e. The van der Waals surface area contributed by atoms with Crippen LogP contribution in [-0.2, 0) is 13.2 Å². The molecule has 0 aliphatic carbocycles. The molecule has 19 heavy (non-hydrogen) atoms. The molecule has 7 heteroatoms. The Labute approximate surface area is 107 Å². The second-order valence-corrected chi connectivity index (χ2v) is 3.84. The summed E-state index contributed by atoms with van der Waals surface area (Å²) in [6, 6.07) is 5.44. The predicted molar refractivity (Wildman–Crippen MR) is 62.6 cm³/mol. The van der Waals surface area contributed by atoms with E-state index in [9.17, 15) is 13.2 Å². The molecular formula is C12H12F3N3O. The molecule has 1 aromatic heterocycles. The first kappa shape index (κ1) is 13.4. The van der Waals surface area contributed by atoms with E-state index in [-0.39, 0.29) is 17.4 Å². The molecule has 2 rings (SSSR count). The molecule has 102 valence electrons. The number of nitrogens with zero attached hydrogens (tertiary/aromatic N) is 3. The van der Waals surface area contributed by atoms with Gasteiger partial charge >= 0.3 is 12.2 Å². The molecule has 0 saturated heterocycles. The fourth-order valence-electron chi connectivity index (χ4n) is 1.73. The second-order valence-electron chi connectivity index (χ2n) is 3.84. The van der Waals surface area contributed by atoms with E-state index in [4.69, 9.17) is 4.74 Å². The fraction of sp³-hybridized carbons (Fsp3) is 0.333. The summed E-state index contributed by atoms with van der Waals surface area (Å²) >= 11 is 0. The largest absolute Gasteiger partial charge is 0.464 e. The van der Waals surface area contributed by atoms with Gasteiger partial charge in [-0.1, -0.05) is 23.3 Å². The van der Waals surface area contributed by atoms with Gasteiger partial charge < -0.3 is 4.74 Å². The Morgan fingerprint density at radius 1 is 1.21 bits per heavy atom. The number of ether oxygens (including phenoxy) is 1. The third kappa shape index (κ3) is 2.54. The Morgan fingerprint density at radius 2 is 1.89 bits per heavy atom. The summed E-state index contributed by atoms with van der Waals surface area (Å²) in [6.45, 7) is 2.13. The number of hydrogen-bond acceptors (Lipinski definition) is 3. The van der Waals surface area contributed by atoms with Gasteiger partial charge in [-0.25, -0.2) is 0 Å². The lowest BCUT2D eigenvalue weighted by Gasteiger charge is -2.12. The summed E-state index contributed by atoms with van der Waals surface area (Å²) in [4.78, 5) is 0. The van der Waals surface area contributed by atoms with E-state index >= 15 is 0 Å². The first-order valence-corrected chi connectivity index (χ1v) is 5.64. The van der Waals surface area contributed by atoms with Crippen molar-refractivity contribution in [2.24, 2.45) is 7.05 Å². The zero-order chi connectivity index (χ0) is 14.0. The Morgan fingerprint density at radius 3 is 2.53 bits per heavy atom. The zero-order valence-corrected chi connectivity index (χ0v) is 10.4. The summed E-state index contributed by atoms with van der Waals surface area (Å²) in [5.41, 5.74) is -0.760. The lowest BCUT2D eigenvalue weighted by Crippen LogP contribution is -2.09. The van der Waals surface area contributed by atoms with Crippen LogP contribution >= 0.6 is 0 Å². The number of halogens is 3. The summed E-state index contributed by atoms with van der Waals surface area (Å²) < 4.78 is 45.4. The monoisotopic (exact) mass is 271 g/mol. The van der Waals surface area contributed by atoms with E-state index in [2.05, 4.69) is 10.2 Å². The first-order chi connectivity index (χ1) is 8.95. The molecule has 0 N–H and O–H groups in total. The minimum absolute atomic E-state index is 0.0176. The predicted octanol–water partition coefficient (Wildman–Crippen LogP) is 2.90. The Kier molecular flexibility index (Phi) is 3.46. The molecule has 0 bridgehead atoms. The highest BCUT2D eigenvalue weighted by Crippen LogP contribution is 2.36. The Bertz CT molecular complexity index is 578. The van der Waals surface area contributed by atoms with Crippen LogP contribution in [0.2, 0.25) is 0 Å². The molecule has 2 aromatic rings. The maximum atomic E-state index is 12.9. The molecule has 4 nitrogen and oxygen atoms in total. The van der Waals surface area contributed by atoms with Gasteiger partial charge in [0.05, 0.1) is 12.2 Å². The molecule has 0 saturated carbocycles.